The molecule has 0 bridgehead atoms. The van der Waals surface area contributed by atoms with E-state index in [4.69, 9.17) is 4.74 Å². The van der Waals surface area contributed by atoms with Crippen molar-refractivity contribution in [2.75, 3.05) is 43.6 Å². The van der Waals surface area contributed by atoms with Crippen molar-refractivity contribution >= 4 is 23.3 Å². The van der Waals surface area contributed by atoms with E-state index >= 15 is 0 Å². The molecule has 0 saturated heterocycles. The van der Waals surface area contributed by atoms with Crippen LogP contribution in [0.2, 0.25) is 0 Å². The standard InChI is InChI=1S/C19H19N5O2/c1-26-10-9-24-17(25)12-22-18-19(24)23-16(11-21-18)14-6-4-13(5-7-14)15-3-2-8-20-15/h2-7,11H,8-10,12H2,1H3,(H,21,22). The molecule has 132 valence electrons. The predicted molar refractivity (Wildman–Crippen MR) is 101 cm³/mol. The Labute approximate surface area is 151 Å². The lowest BCUT2D eigenvalue weighted by Crippen LogP contribution is -2.42. The Balaban J connectivity index is 1.64. The molecule has 1 aromatic heterocycles. The van der Waals surface area contributed by atoms with Gasteiger partial charge < -0.3 is 10.1 Å². The summed E-state index contributed by atoms with van der Waals surface area (Å²) in [7, 11) is 1.61. The van der Waals surface area contributed by atoms with Gasteiger partial charge in [-0.05, 0) is 11.6 Å². The lowest BCUT2D eigenvalue weighted by atomic mass is 10.1. The van der Waals surface area contributed by atoms with Crippen LogP contribution in [0.5, 0.6) is 0 Å². The normalized spacial score (nSPS) is 15.7. The van der Waals surface area contributed by atoms with Crippen LogP contribution < -0.4 is 10.2 Å². The molecule has 4 rings (SSSR count). The average Bonchev–Trinajstić information content (AvgIpc) is 3.22. The van der Waals surface area contributed by atoms with Crippen LogP contribution in [0.1, 0.15) is 5.56 Å². The second-order valence-corrected chi connectivity index (χ2v) is 6.02. The topological polar surface area (TPSA) is 79.7 Å². The summed E-state index contributed by atoms with van der Waals surface area (Å²) < 4.78 is 5.11. The number of aromatic nitrogens is 2. The summed E-state index contributed by atoms with van der Waals surface area (Å²) in [5.74, 6) is 1.12. The Morgan fingerprint density at radius 1 is 1.23 bits per heavy atom. The number of fused-ring (bicyclic) bond motifs is 1. The largest absolute Gasteiger partial charge is 0.383 e. The monoisotopic (exact) mass is 349 g/mol. The summed E-state index contributed by atoms with van der Waals surface area (Å²) in [6.07, 6.45) is 5.79. The number of carbonyl (C=O) groups is 1. The zero-order chi connectivity index (χ0) is 17.9. The van der Waals surface area contributed by atoms with Crippen molar-refractivity contribution in [3.63, 3.8) is 0 Å². The van der Waals surface area contributed by atoms with E-state index in [-0.39, 0.29) is 12.5 Å². The van der Waals surface area contributed by atoms with Gasteiger partial charge in [0.15, 0.2) is 11.6 Å². The molecule has 0 fully saturated rings. The van der Waals surface area contributed by atoms with Gasteiger partial charge >= 0.3 is 0 Å². The van der Waals surface area contributed by atoms with Gasteiger partial charge in [-0.3, -0.25) is 14.7 Å². The molecule has 2 aliphatic rings. The number of hydrogen-bond donors (Lipinski definition) is 1. The molecule has 1 aromatic carbocycles. The minimum atomic E-state index is -0.0395. The zero-order valence-corrected chi connectivity index (χ0v) is 14.5. The van der Waals surface area contributed by atoms with Gasteiger partial charge in [0.25, 0.3) is 0 Å². The Morgan fingerprint density at radius 2 is 2.04 bits per heavy atom. The van der Waals surface area contributed by atoms with Crippen LogP contribution in [0.15, 0.2) is 47.6 Å². The lowest BCUT2D eigenvalue weighted by molar-refractivity contribution is -0.117. The van der Waals surface area contributed by atoms with Gasteiger partial charge in [-0.15, -0.1) is 0 Å². The van der Waals surface area contributed by atoms with Crippen molar-refractivity contribution in [2.24, 2.45) is 4.99 Å². The Hall–Kier alpha value is -3.06. The van der Waals surface area contributed by atoms with Gasteiger partial charge in [-0.25, -0.2) is 9.97 Å². The maximum absolute atomic E-state index is 12.2. The van der Waals surface area contributed by atoms with Crippen molar-refractivity contribution < 1.29 is 9.53 Å². The number of methoxy groups -OCH3 is 1. The molecule has 1 amide bonds. The molecule has 7 nitrogen and oxygen atoms in total. The molecular formula is C19H19N5O2. The first-order valence-electron chi connectivity index (χ1n) is 8.48. The minimum absolute atomic E-state index is 0.0395. The quantitative estimate of drug-likeness (QED) is 0.892. The summed E-state index contributed by atoms with van der Waals surface area (Å²) in [5, 5.41) is 3.01. The van der Waals surface area contributed by atoms with Gasteiger partial charge in [0.1, 0.15) is 0 Å². The molecule has 0 radical (unpaired) electrons. The molecule has 2 aromatic rings. The van der Waals surface area contributed by atoms with Crippen LogP contribution in [0, 0.1) is 0 Å². The Morgan fingerprint density at radius 3 is 2.77 bits per heavy atom. The van der Waals surface area contributed by atoms with Gasteiger partial charge in [0.05, 0.1) is 43.8 Å². The summed E-state index contributed by atoms with van der Waals surface area (Å²) >= 11 is 0. The van der Waals surface area contributed by atoms with Crippen LogP contribution >= 0.6 is 0 Å². The predicted octanol–water partition coefficient (Wildman–Crippen LogP) is 1.91. The van der Waals surface area contributed by atoms with Crippen molar-refractivity contribution in [1.29, 1.82) is 0 Å². The smallest absolute Gasteiger partial charge is 0.247 e. The molecule has 0 saturated carbocycles. The highest BCUT2D eigenvalue weighted by atomic mass is 16.5. The molecule has 0 aliphatic carbocycles. The first-order chi connectivity index (χ1) is 12.8. The SMILES string of the molecule is COCCN1C(=O)CNc2ncc(-c3ccc(C4=NCC=C4)cc3)nc21. The summed E-state index contributed by atoms with van der Waals surface area (Å²) in [4.78, 5) is 27.4. The number of nitrogens with zero attached hydrogens (tertiary/aromatic N) is 4. The second-order valence-electron chi connectivity index (χ2n) is 6.02. The van der Waals surface area contributed by atoms with Gasteiger partial charge in [0.2, 0.25) is 5.91 Å². The number of benzene rings is 1. The minimum Gasteiger partial charge on any atom is -0.383 e. The molecule has 0 unspecified atom stereocenters. The number of allylic oxidation sites excluding steroid dienone is 1. The van der Waals surface area contributed by atoms with E-state index in [0.717, 1.165) is 29.1 Å². The molecule has 26 heavy (non-hydrogen) atoms. The number of aliphatic imine (C=N–C) groups is 1. The number of amides is 1. The number of nitrogens with one attached hydrogen (secondary N) is 1. The lowest BCUT2D eigenvalue weighted by Gasteiger charge is -2.28. The maximum atomic E-state index is 12.2. The van der Waals surface area contributed by atoms with E-state index in [0.29, 0.717) is 24.8 Å². The molecule has 2 aliphatic heterocycles. The number of ether oxygens (including phenoxy) is 1. The van der Waals surface area contributed by atoms with E-state index in [1.807, 2.05) is 36.4 Å². The van der Waals surface area contributed by atoms with Gasteiger partial charge in [0, 0.05) is 12.7 Å². The number of hydrogen-bond acceptors (Lipinski definition) is 6. The van der Waals surface area contributed by atoms with Crippen LogP contribution in [0.4, 0.5) is 11.6 Å². The highest BCUT2D eigenvalue weighted by Crippen LogP contribution is 2.28. The molecule has 1 N–H and O–H groups in total. The second kappa shape index (κ2) is 7.05. The van der Waals surface area contributed by atoms with Crippen LogP contribution in [-0.2, 0) is 9.53 Å². The molecule has 0 atom stereocenters. The van der Waals surface area contributed by atoms with E-state index < -0.39 is 0 Å². The molecule has 0 spiro atoms. The van der Waals surface area contributed by atoms with E-state index in [9.17, 15) is 4.79 Å². The highest BCUT2D eigenvalue weighted by Gasteiger charge is 2.26. The Kier molecular flexibility index (Phi) is 4.45. The molecule has 7 heteroatoms. The van der Waals surface area contributed by atoms with Gasteiger partial charge in [-0.1, -0.05) is 30.3 Å². The Bertz CT molecular complexity index is 889. The fourth-order valence-corrected chi connectivity index (χ4v) is 2.98. The third-order valence-electron chi connectivity index (χ3n) is 4.36. The summed E-state index contributed by atoms with van der Waals surface area (Å²) in [5.41, 5.74) is 3.73. The van der Waals surface area contributed by atoms with E-state index in [1.54, 1.807) is 18.2 Å². The fourth-order valence-electron chi connectivity index (χ4n) is 2.98. The van der Waals surface area contributed by atoms with Crippen molar-refractivity contribution in [3.8, 4) is 11.3 Å². The van der Waals surface area contributed by atoms with E-state index in [1.165, 1.54) is 0 Å². The zero-order valence-electron chi connectivity index (χ0n) is 14.5. The first kappa shape index (κ1) is 16.4. The molecular weight excluding hydrogens is 330 g/mol. The third kappa shape index (κ3) is 3.09. The van der Waals surface area contributed by atoms with Crippen molar-refractivity contribution in [2.45, 2.75) is 0 Å². The van der Waals surface area contributed by atoms with Crippen LogP contribution in [0.3, 0.4) is 0 Å². The van der Waals surface area contributed by atoms with Crippen LogP contribution in [0.25, 0.3) is 11.3 Å². The van der Waals surface area contributed by atoms with Crippen molar-refractivity contribution in [1.82, 2.24) is 9.97 Å². The van der Waals surface area contributed by atoms with Gasteiger partial charge in [-0.2, -0.15) is 0 Å². The number of anilines is 2. The highest BCUT2D eigenvalue weighted by molar-refractivity contribution is 6.10. The molecule has 3 heterocycles. The number of rotatable bonds is 5. The number of carbonyl (C=O) groups excluding carboxylic acids is 1. The average molecular weight is 349 g/mol. The van der Waals surface area contributed by atoms with E-state index in [2.05, 4.69) is 20.3 Å². The maximum Gasteiger partial charge on any atom is 0.247 e. The van der Waals surface area contributed by atoms with Crippen molar-refractivity contribution in [3.05, 3.63) is 48.2 Å². The van der Waals surface area contributed by atoms with Crippen LogP contribution in [-0.4, -0.2) is 54.9 Å². The fraction of sp³-hybridized carbons (Fsp3) is 0.263. The first-order valence-corrected chi connectivity index (χ1v) is 8.48. The summed E-state index contributed by atoms with van der Waals surface area (Å²) in [6.45, 7) is 1.86. The summed E-state index contributed by atoms with van der Waals surface area (Å²) in [6, 6.07) is 8.05. The third-order valence-corrected chi connectivity index (χ3v) is 4.36.